The molecule has 1 saturated heterocycles. The van der Waals surface area contributed by atoms with Crippen LogP contribution in [-0.4, -0.2) is 49.1 Å². The van der Waals surface area contributed by atoms with Gasteiger partial charge in [0, 0.05) is 54.5 Å². The molecule has 0 saturated carbocycles. The molecule has 0 amide bonds. The third-order valence-electron chi connectivity index (χ3n) is 6.84. The van der Waals surface area contributed by atoms with Crippen LogP contribution >= 0.6 is 0 Å². The molecule has 40 heavy (non-hydrogen) atoms. The minimum Gasteiger partial charge on any atom is -0.406 e. The summed E-state index contributed by atoms with van der Waals surface area (Å²) >= 11 is 0. The molecule has 1 aliphatic rings. The Morgan fingerprint density at radius 2 is 1.70 bits per heavy atom. The highest BCUT2D eigenvalue weighted by atomic mass is 32.2. The summed E-state index contributed by atoms with van der Waals surface area (Å²) < 4.78 is 71.8. The van der Waals surface area contributed by atoms with E-state index in [-0.39, 0.29) is 16.6 Å². The maximum absolute atomic E-state index is 12.6. The monoisotopic (exact) mass is 573 g/mol. The highest BCUT2D eigenvalue weighted by molar-refractivity contribution is 7.91. The van der Waals surface area contributed by atoms with Crippen LogP contribution in [0.4, 0.5) is 18.9 Å². The lowest BCUT2D eigenvalue weighted by Crippen LogP contribution is -2.39. The van der Waals surface area contributed by atoms with Crippen LogP contribution in [0.5, 0.6) is 5.75 Å². The zero-order chi connectivity index (χ0) is 28.5. The number of aromatic nitrogens is 2. The van der Waals surface area contributed by atoms with Crippen LogP contribution in [-0.2, 0) is 16.4 Å². The Morgan fingerprint density at radius 1 is 1.00 bits per heavy atom. The van der Waals surface area contributed by atoms with Gasteiger partial charge in [-0.25, -0.2) is 8.42 Å². The summed E-state index contributed by atoms with van der Waals surface area (Å²) in [7, 11) is -3.05. The van der Waals surface area contributed by atoms with Crippen molar-refractivity contribution < 1.29 is 30.8 Å². The van der Waals surface area contributed by atoms with Crippen LogP contribution in [0, 0.1) is 0 Å². The van der Waals surface area contributed by atoms with E-state index in [4.69, 9.17) is 4.52 Å². The van der Waals surface area contributed by atoms with Gasteiger partial charge < -0.3 is 18.7 Å². The number of rotatable bonds is 7. The zero-order valence-corrected chi connectivity index (χ0v) is 22.3. The highest BCUT2D eigenvalue weighted by Crippen LogP contribution is 2.29. The molecule has 5 rings (SSSR count). The average molecular weight is 574 g/mol. The fourth-order valence-corrected chi connectivity index (χ4v) is 5.83. The number of halogens is 3. The van der Waals surface area contributed by atoms with Crippen molar-refractivity contribution in [2.75, 3.05) is 24.2 Å². The average Bonchev–Trinajstić information content (AvgIpc) is 3.40. The van der Waals surface area contributed by atoms with E-state index in [1.54, 1.807) is 22.9 Å². The summed E-state index contributed by atoms with van der Waals surface area (Å²) in [6, 6.07) is 17.8. The molecule has 0 spiro atoms. The van der Waals surface area contributed by atoms with Crippen molar-refractivity contribution in [1.82, 2.24) is 9.72 Å². The predicted molar refractivity (Wildman–Crippen MR) is 144 cm³/mol. The number of ether oxygens (including phenoxy) is 1. The van der Waals surface area contributed by atoms with Crippen LogP contribution < -0.4 is 15.2 Å². The Hall–Kier alpha value is -4.06. The molecule has 0 N–H and O–H groups in total. The Bertz CT molecular complexity index is 1660. The van der Waals surface area contributed by atoms with E-state index in [1.807, 2.05) is 24.3 Å². The van der Waals surface area contributed by atoms with E-state index in [0.717, 1.165) is 11.3 Å². The Morgan fingerprint density at radius 3 is 2.38 bits per heavy atom. The van der Waals surface area contributed by atoms with Crippen molar-refractivity contribution in [2.45, 2.75) is 31.0 Å². The van der Waals surface area contributed by atoms with Gasteiger partial charge in [0.05, 0.1) is 11.8 Å². The Labute approximate surface area is 228 Å². The van der Waals surface area contributed by atoms with Crippen LogP contribution in [0.25, 0.3) is 22.6 Å². The van der Waals surface area contributed by atoms with Crippen molar-refractivity contribution in [3.63, 3.8) is 0 Å². The Balaban J connectivity index is 1.30. The third kappa shape index (κ3) is 6.56. The summed E-state index contributed by atoms with van der Waals surface area (Å²) in [5.74, 6) is 0.00386. The van der Waals surface area contributed by atoms with Crippen LogP contribution in [0.3, 0.4) is 0 Å². The molecular formula is C28H26F3N3O5S. The smallest absolute Gasteiger partial charge is 0.406 e. The minimum absolute atomic E-state index is 0.202. The number of piperidine rings is 1. The standard InChI is InChI=1S/C28H26F3N3O5S/c1-40(36,37)24-11-13-33(14-12-24)22-4-2-3-19(15-22)17-34-18-21(7-10-27(34)35)25-16-26(39-32-25)20-5-8-23(9-6-20)38-28(29,30)31/h2-10,15-16,18,24H,11-14,17H2,1H3. The summed E-state index contributed by atoms with van der Waals surface area (Å²) in [5, 5.41) is 3.76. The van der Waals surface area contributed by atoms with Crippen LogP contribution in [0.2, 0.25) is 0 Å². The second-order valence-corrected chi connectivity index (χ2v) is 12.0. The van der Waals surface area contributed by atoms with Gasteiger partial charge in [-0.05, 0) is 60.9 Å². The lowest BCUT2D eigenvalue weighted by Gasteiger charge is -2.33. The number of pyridine rings is 1. The molecule has 0 bridgehead atoms. The van der Waals surface area contributed by atoms with E-state index in [2.05, 4.69) is 14.8 Å². The normalized spacial score (nSPS) is 14.8. The first-order valence-electron chi connectivity index (χ1n) is 12.5. The van der Waals surface area contributed by atoms with Gasteiger partial charge in [-0.1, -0.05) is 17.3 Å². The number of hydrogen-bond acceptors (Lipinski definition) is 7. The summed E-state index contributed by atoms with van der Waals surface area (Å²) in [6.07, 6.45) is -0.656. The lowest BCUT2D eigenvalue weighted by molar-refractivity contribution is -0.274. The summed E-state index contributed by atoms with van der Waals surface area (Å²) in [6.45, 7) is 1.60. The number of nitrogens with zero attached hydrogens (tertiary/aromatic N) is 3. The van der Waals surface area contributed by atoms with Crippen LogP contribution in [0.1, 0.15) is 18.4 Å². The van der Waals surface area contributed by atoms with E-state index < -0.39 is 16.2 Å². The largest absolute Gasteiger partial charge is 0.573 e. The molecular weight excluding hydrogens is 547 g/mol. The molecule has 0 aliphatic carbocycles. The first kappa shape index (κ1) is 27.5. The molecule has 210 valence electrons. The molecule has 0 unspecified atom stereocenters. The number of hydrogen-bond donors (Lipinski definition) is 0. The van der Waals surface area contributed by atoms with Crippen LogP contribution in [0.15, 0.2) is 82.2 Å². The maximum atomic E-state index is 12.6. The molecule has 0 atom stereocenters. The van der Waals surface area contributed by atoms with E-state index >= 15 is 0 Å². The molecule has 1 fully saturated rings. The van der Waals surface area contributed by atoms with Crippen molar-refractivity contribution in [2.24, 2.45) is 0 Å². The van der Waals surface area contributed by atoms with Gasteiger partial charge in [-0.3, -0.25) is 4.79 Å². The van der Waals surface area contributed by atoms with Gasteiger partial charge in [0.15, 0.2) is 5.76 Å². The topological polar surface area (TPSA) is 94.6 Å². The third-order valence-corrected chi connectivity index (χ3v) is 8.52. The van der Waals surface area contributed by atoms with Gasteiger partial charge in [0.25, 0.3) is 5.56 Å². The number of benzene rings is 2. The van der Waals surface area contributed by atoms with Gasteiger partial charge in [0.1, 0.15) is 21.3 Å². The quantitative estimate of drug-likeness (QED) is 0.303. The van der Waals surface area contributed by atoms with Gasteiger partial charge in [-0.2, -0.15) is 0 Å². The van der Waals surface area contributed by atoms with E-state index in [1.165, 1.54) is 36.6 Å². The number of anilines is 1. The number of sulfone groups is 1. The highest BCUT2D eigenvalue weighted by Gasteiger charge is 2.31. The molecule has 8 nitrogen and oxygen atoms in total. The zero-order valence-electron chi connectivity index (χ0n) is 21.5. The molecule has 3 heterocycles. The minimum atomic E-state index is -4.78. The van der Waals surface area contributed by atoms with Gasteiger partial charge in [0.2, 0.25) is 0 Å². The Kier molecular flexibility index (Phi) is 7.45. The molecule has 4 aromatic rings. The molecule has 2 aromatic carbocycles. The SMILES string of the molecule is CS(=O)(=O)C1CCN(c2cccc(Cn3cc(-c4cc(-c5ccc(OC(F)(F)F)cc5)on4)ccc3=O)c2)CC1. The summed E-state index contributed by atoms with van der Waals surface area (Å²) in [5.41, 5.74) is 3.28. The second kappa shape index (κ2) is 10.8. The molecule has 0 radical (unpaired) electrons. The molecule has 1 aliphatic heterocycles. The van der Waals surface area contributed by atoms with E-state index in [9.17, 15) is 26.4 Å². The first-order valence-corrected chi connectivity index (χ1v) is 14.5. The molecule has 12 heteroatoms. The summed E-state index contributed by atoms with van der Waals surface area (Å²) in [4.78, 5) is 14.8. The lowest BCUT2D eigenvalue weighted by atomic mass is 10.1. The van der Waals surface area contributed by atoms with E-state index in [0.29, 0.717) is 55.1 Å². The second-order valence-electron chi connectivity index (χ2n) is 9.72. The van der Waals surface area contributed by atoms with Crippen molar-refractivity contribution in [1.29, 1.82) is 0 Å². The fraction of sp³-hybridized carbons (Fsp3) is 0.286. The number of alkyl halides is 3. The van der Waals surface area contributed by atoms with Crippen molar-refractivity contribution in [3.05, 3.63) is 88.8 Å². The fourth-order valence-electron chi connectivity index (χ4n) is 4.76. The predicted octanol–water partition coefficient (Wildman–Crippen LogP) is 5.13. The molecule has 2 aromatic heterocycles. The van der Waals surface area contributed by atoms with Crippen molar-refractivity contribution in [3.8, 4) is 28.3 Å². The first-order chi connectivity index (χ1) is 18.9. The van der Waals surface area contributed by atoms with Crippen molar-refractivity contribution >= 4 is 15.5 Å². The van der Waals surface area contributed by atoms with Gasteiger partial charge >= 0.3 is 6.36 Å². The maximum Gasteiger partial charge on any atom is 0.573 e. The van der Waals surface area contributed by atoms with Gasteiger partial charge in [-0.15, -0.1) is 13.2 Å².